The van der Waals surface area contributed by atoms with Crippen LogP contribution in [0.1, 0.15) is 25.7 Å². The molecule has 2 aliphatic carbocycles. The summed E-state index contributed by atoms with van der Waals surface area (Å²) in [7, 11) is -1.07. The molecule has 2 heteroatoms. The molecule has 0 aromatic rings. The predicted molar refractivity (Wildman–Crippen MR) is 61.9 cm³/mol. The van der Waals surface area contributed by atoms with E-state index in [1.807, 2.05) is 0 Å². The molecule has 2 saturated carbocycles. The van der Waals surface area contributed by atoms with Gasteiger partial charge in [0.1, 0.15) is 5.78 Å². The van der Waals surface area contributed by atoms with Gasteiger partial charge in [0.15, 0.2) is 0 Å². The highest BCUT2D eigenvalue weighted by molar-refractivity contribution is 6.81. The molecule has 0 heterocycles. The van der Waals surface area contributed by atoms with Crippen molar-refractivity contribution in [2.45, 2.75) is 45.3 Å². The van der Waals surface area contributed by atoms with Crippen LogP contribution in [0, 0.1) is 11.8 Å². The van der Waals surface area contributed by atoms with Gasteiger partial charge in [-0.2, -0.15) is 0 Å². The van der Waals surface area contributed by atoms with Crippen LogP contribution >= 0.6 is 0 Å². The Morgan fingerprint density at radius 2 is 2.00 bits per heavy atom. The number of carbonyl (C=O) groups excluding carboxylic acids is 1. The van der Waals surface area contributed by atoms with Gasteiger partial charge in [0.05, 0.1) is 8.07 Å². The molecule has 2 atom stereocenters. The van der Waals surface area contributed by atoms with Crippen molar-refractivity contribution in [3.63, 3.8) is 0 Å². The maximum Gasteiger partial charge on any atom is 0.136 e. The van der Waals surface area contributed by atoms with E-state index >= 15 is 0 Å². The van der Waals surface area contributed by atoms with Crippen LogP contribution in [0.4, 0.5) is 0 Å². The summed E-state index contributed by atoms with van der Waals surface area (Å²) < 4.78 is 0. The van der Waals surface area contributed by atoms with Gasteiger partial charge in [-0.1, -0.05) is 30.9 Å². The van der Waals surface area contributed by atoms with Crippen molar-refractivity contribution < 1.29 is 4.79 Å². The molecule has 0 aromatic heterocycles. The number of Topliss-reactive ketones (excluding diaryl/α,β-unsaturated/α-hetero) is 1. The van der Waals surface area contributed by atoms with Crippen molar-refractivity contribution in [3.05, 3.63) is 11.3 Å². The minimum Gasteiger partial charge on any atom is -0.299 e. The Hall–Kier alpha value is -0.373. The summed E-state index contributed by atoms with van der Waals surface area (Å²) in [5.41, 5.74) is 4.10. The Labute approximate surface area is 87.6 Å². The van der Waals surface area contributed by atoms with Crippen molar-refractivity contribution >= 4 is 13.9 Å². The smallest absolute Gasteiger partial charge is 0.136 e. The molecular formula is C12H20OSi. The Kier molecular flexibility index (Phi) is 2.42. The molecule has 0 aliphatic heterocycles. The second kappa shape index (κ2) is 3.33. The van der Waals surface area contributed by atoms with E-state index in [1.165, 1.54) is 6.42 Å². The van der Waals surface area contributed by atoms with Crippen LogP contribution in [0.25, 0.3) is 0 Å². The number of ketones is 1. The fraction of sp³-hybridized carbons (Fsp3) is 0.750. The molecule has 0 aromatic carbocycles. The molecule has 2 rings (SSSR count). The van der Waals surface area contributed by atoms with Crippen molar-refractivity contribution in [1.29, 1.82) is 0 Å². The van der Waals surface area contributed by atoms with Gasteiger partial charge in [-0.05, 0) is 25.2 Å². The van der Waals surface area contributed by atoms with E-state index in [0.29, 0.717) is 17.6 Å². The molecule has 0 N–H and O–H groups in total. The largest absolute Gasteiger partial charge is 0.299 e. The summed E-state index contributed by atoms with van der Waals surface area (Å²) in [6.07, 6.45) is 4.33. The van der Waals surface area contributed by atoms with Crippen LogP contribution < -0.4 is 0 Å². The van der Waals surface area contributed by atoms with Gasteiger partial charge in [-0.15, -0.1) is 0 Å². The third kappa shape index (κ3) is 2.00. The first-order valence-corrected chi connectivity index (χ1v) is 9.27. The average molecular weight is 208 g/mol. The van der Waals surface area contributed by atoms with E-state index in [-0.39, 0.29) is 0 Å². The molecule has 0 saturated heterocycles. The Morgan fingerprint density at radius 3 is 2.57 bits per heavy atom. The van der Waals surface area contributed by atoms with Crippen LogP contribution in [0.3, 0.4) is 0 Å². The zero-order valence-electron chi connectivity index (χ0n) is 9.47. The minimum absolute atomic E-state index is 0.414. The summed E-state index contributed by atoms with van der Waals surface area (Å²) in [4.78, 5) is 11.6. The molecule has 0 amide bonds. The average Bonchev–Trinajstić information content (AvgIpc) is 2.51. The van der Waals surface area contributed by atoms with Gasteiger partial charge in [0.2, 0.25) is 0 Å². The third-order valence-electron chi connectivity index (χ3n) is 3.39. The first-order valence-electron chi connectivity index (χ1n) is 5.69. The van der Waals surface area contributed by atoms with Gasteiger partial charge >= 0.3 is 0 Å². The van der Waals surface area contributed by atoms with Gasteiger partial charge in [-0.25, -0.2) is 0 Å². The summed E-state index contributed by atoms with van der Waals surface area (Å²) in [6, 6.07) is 0. The number of hydrogen-bond donors (Lipinski definition) is 0. The fourth-order valence-electron chi connectivity index (χ4n) is 2.93. The second-order valence-electron chi connectivity index (χ2n) is 5.95. The van der Waals surface area contributed by atoms with E-state index < -0.39 is 8.07 Å². The number of rotatable bonds is 1. The van der Waals surface area contributed by atoms with Gasteiger partial charge in [-0.3, -0.25) is 4.79 Å². The first-order chi connectivity index (χ1) is 6.46. The van der Waals surface area contributed by atoms with E-state index in [2.05, 4.69) is 25.3 Å². The van der Waals surface area contributed by atoms with Crippen molar-refractivity contribution in [1.82, 2.24) is 0 Å². The maximum absolute atomic E-state index is 11.6. The summed E-state index contributed by atoms with van der Waals surface area (Å²) in [6.45, 7) is 7.11. The topological polar surface area (TPSA) is 17.1 Å². The summed E-state index contributed by atoms with van der Waals surface area (Å²) in [5, 5.41) is 0. The zero-order valence-corrected chi connectivity index (χ0v) is 10.5. The minimum atomic E-state index is -1.07. The SMILES string of the molecule is C[Si](C)(C)/C=C1\C[C@@H]2CCC(=O)[C@@H]2C1. The zero-order chi connectivity index (χ0) is 10.3. The molecule has 2 fully saturated rings. The highest BCUT2D eigenvalue weighted by Crippen LogP contribution is 2.44. The normalized spacial score (nSPS) is 35.4. The fourth-order valence-corrected chi connectivity index (χ4v) is 4.40. The molecular weight excluding hydrogens is 188 g/mol. The molecule has 2 aliphatic rings. The third-order valence-corrected chi connectivity index (χ3v) is 4.66. The number of hydrogen-bond acceptors (Lipinski definition) is 1. The molecule has 0 bridgehead atoms. The lowest BCUT2D eigenvalue weighted by atomic mass is 10.0. The summed E-state index contributed by atoms with van der Waals surface area (Å²) >= 11 is 0. The molecule has 1 nitrogen and oxygen atoms in total. The van der Waals surface area contributed by atoms with Crippen LogP contribution in [0.2, 0.25) is 19.6 Å². The molecule has 0 spiro atoms. The molecule has 78 valence electrons. The Balaban J connectivity index is 2.09. The van der Waals surface area contributed by atoms with Crippen LogP contribution in [-0.2, 0) is 4.79 Å². The lowest BCUT2D eigenvalue weighted by Crippen LogP contribution is -2.16. The second-order valence-corrected chi connectivity index (χ2v) is 11.0. The number of allylic oxidation sites excluding steroid dienone is 1. The lowest BCUT2D eigenvalue weighted by Gasteiger charge is -2.11. The first kappa shape index (κ1) is 10.2. The predicted octanol–water partition coefficient (Wildman–Crippen LogP) is 3.18. The highest BCUT2D eigenvalue weighted by Gasteiger charge is 2.40. The number of carbonyl (C=O) groups is 1. The van der Waals surface area contributed by atoms with Crippen LogP contribution in [-0.4, -0.2) is 13.9 Å². The molecule has 14 heavy (non-hydrogen) atoms. The standard InChI is InChI=1S/C12H20OSi/c1-14(2,3)8-9-6-10-4-5-12(13)11(10)7-9/h8,10-11H,4-7H2,1-3H3/b9-8+/t10-,11+/m0/s1. The molecule has 0 unspecified atom stereocenters. The van der Waals surface area contributed by atoms with Crippen LogP contribution in [0.5, 0.6) is 0 Å². The van der Waals surface area contributed by atoms with Crippen molar-refractivity contribution in [3.8, 4) is 0 Å². The lowest BCUT2D eigenvalue weighted by molar-refractivity contribution is -0.120. The van der Waals surface area contributed by atoms with E-state index in [4.69, 9.17) is 0 Å². The maximum atomic E-state index is 11.6. The van der Waals surface area contributed by atoms with Crippen LogP contribution in [0.15, 0.2) is 11.3 Å². The van der Waals surface area contributed by atoms with E-state index in [1.54, 1.807) is 5.57 Å². The van der Waals surface area contributed by atoms with E-state index in [0.717, 1.165) is 19.3 Å². The van der Waals surface area contributed by atoms with Gasteiger partial charge in [0.25, 0.3) is 0 Å². The number of fused-ring (bicyclic) bond motifs is 1. The quantitative estimate of drug-likeness (QED) is 0.605. The van der Waals surface area contributed by atoms with E-state index in [9.17, 15) is 4.79 Å². The monoisotopic (exact) mass is 208 g/mol. The molecule has 0 radical (unpaired) electrons. The van der Waals surface area contributed by atoms with Gasteiger partial charge < -0.3 is 0 Å². The van der Waals surface area contributed by atoms with Crippen molar-refractivity contribution in [2.24, 2.45) is 11.8 Å². The summed E-state index contributed by atoms with van der Waals surface area (Å²) in [5.74, 6) is 1.66. The van der Waals surface area contributed by atoms with Gasteiger partial charge in [0, 0.05) is 12.3 Å². The Morgan fingerprint density at radius 1 is 1.29 bits per heavy atom. The highest BCUT2D eigenvalue weighted by atomic mass is 28.3. The Bertz CT molecular complexity index is 285. The van der Waals surface area contributed by atoms with Crippen molar-refractivity contribution in [2.75, 3.05) is 0 Å².